The van der Waals surface area contributed by atoms with E-state index in [1.165, 1.54) is 6.92 Å². The summed E-state index contributed by atoms with van der Waals surface area (Å²) < 4.78 is 11.0. The number of hydrogen-bond donors (Lipinski definition) is 3. The lowest BCUT2D eigenvalue weighted by Crippen LogP contribution is -2.52. The number of carbonyl (C=O) groups is 2. The summed E-state index contributed by atoms with van der Waals surface area (Å²) in [6.07, 6.45) is 1.01. The Balaban J connectivity index is 1.55. The van der Waals surface area contributed by atoms with Crippen molar-refractivity contribution in [3.05, 3.63) is 23.2 Å². The number of hydrogen-bond acceptors (Lipinski definition) is 5. The van der Waals surface area contributed by atoms with Gasteiger partial charge in [0.15, 0.2) is 0 Å². The number of halogens is 1. The fraction of sp³-hybridized carbons (Fsp3) is 0.579. The van der Waals surface area contributed by atoms with Crippen LogP contribution in [-0.2, 0) is 14.3 Å². The zero-order chi connectivity index (χ0) is 19.9. The lowest BCUT2D eigenvalue weighted by molar-refractivity contribution is -0.114. The van der Waals surface area contributed by atoms with Gasteiger partial charge < -0.3 is 25.4 Å². The molecule has 0 bridgehead atoms. The average molecular weight is 411 g/mol. The van der Waals surface area contributed by atoms with Crippen LogP contribution >= 0.6 is 11.6 Å². The maximum Gasteiger partial charge on any atom is 0.319 e. The largest absolute Gasteiger partial charge is 0.381 e. The molecular formula is C19H27ClN4O4. The minimum absolute atomic E-state index is 0.203. The predicted octanol–water partition coefficient (Wildman–Crippen LogP) is 2.16. The molecule has 9 heteroatoms. The Morgan fingerprint density at radius 1 is 1.21 bits per heavy atom. The Kier molecular flexibility index (Phi) is 7.50. The van der Waals surface area contributed by atoms with E-state index in [0.29, 0.717) is 28.9 Å². The van der Waals surface area contributed by atoms with Gasteiger partial charge in [0.25, 0.3) is 0 Å². The number of morpholine rings is 1. The van der Waals surface area contributed by atoms with Gasteiger partial charge in [-0.05, 0) is 24.6 Å². The van der Waals surface area contributed by atoms with Crippen LogP contribution in [0.3, 0.4) is 0 Å². The molecule has 2 aliphatic rings. The Hall–Kier alpha value is -1.87. The van der Waals surface area contributed by atoms with Crippen molar-refractivity contribution >= 4 is 34.9 Å². The number of urea groups is 1. The number of ether oxygens (including phenoxy) is 2. The number of nitrogens with one attached hydrogen (secondary N) is 3. The number of benzene rings is 1. The summed E-state index contributed by atoms with van der Waals surface area (Å²) in [4.78, 5) is 25.9. The molecule has 28 heavy (non-hydrogen) atoms. The molecule has 0 unspecified atom stereocenters. The van der Waals surface area contributed by atoms with Crippen LogP contribution in [0.1, 0.15) is 13.3 Å². The molecule has 2 heterocycles. The third-order valence-electron chi connectivity index (χ3n) is 5.03. The molecule has 0 spiro atoms. The van der Waals surface area contributed by atoms with Crippen LogP contribution in [0.4, 0.5) is 16.2 Å². The smallest absolute Gasteiger partial charge is 0.319 e. The van der Waals surface area contributed by atoms with Crippen molar-refractivity contribution in [1.29, 1.82) is 0 Å². The monoisotopic (exact) mass is 410 g/mol. The molecule has 3 N–H and O–H groups in total. The highest BCUT2D eigenvalue weighted by Gasteiger charge is 2.31. The Morgan fingerprint density at radius 3 is 2.64 bits per heavy atom. The van der Waals surface area contributed by atoms with E-state index in [2.05, 4.69) is 20.9 Å². The minimum Gasteiger partial charge on any atom is -0.381 e. The van der Waals surface area contributed by atoms with E-state index >= 15 is 0 Å². The van der Waals surface area contributed by atoms with E-state index in [-0.39, 0.29) is 18.0 Å². The lowest BCUT2D eigenvalue weighted by atomic mass is 9.97. The molecule has 2 saturated heterocycles. The molecule has 0 aliphatic carbocycles. The van der Waals surface area contributed by atoms with Crippen molar-refractivity contribution in [3.8, 4) is 0 Å². The van der Waals surface area contributed by atoms with E-state index in [1.54, 1.807) is 18.2 Å². The van der Waals surface area contributed by atoms with Gasteiger partial charge in [0.05, 0.1) is 30.5 Å². The molecule has 0 saturated carbocycles. The van der Waals surface area contributed by atoms with Crippen molar-refractivity contribution < 1.29 is 19.1 Å². The van der Waals surface area contributed by atoms with Crippen LogP contribution in [-0.4, -0.2) is 68.9 Å². The topological polar surface area (TPSA) is 91.9 Å². The second-order valence-corrected chi connectivity index (χ2v) is 7.46. The standard InChI is InChI=1S/C19H27ClN4O4/c1-13(25)22-17-3-2-15(10-16(17)20)23-19(26)21-11-18(14-4-7-28-12-14)24-5-8-27-9-6-24/h2-3,10,14,18H,4-9,11-12H2,1H3,(H,22,25)(H2,21,23,26)/t14-,18+/m1/s1. The SMILES string of the molecule is CC(=O)Nc1ccc(NC(=O)NC[C@@H]([C@@H]2CCOC2)N2CCOCC2)cc1Cl. The maximum absolute atomic E-state index is 12.4. The summed E-state index contributed by atoms with van der Waals surface area (Å²) >= 11 is 6.15. The molecule has 3 amide bonds. The Bertz CT molecular complexity index is 691. The predicted molar refractivity (Wildman–Crippen MR) is 108 cm³/mol. The highest BCUT2D eigenvalue weighted by molar-refractivity contribution is 6.34. The highest BCUT2D eigenvalue weighted by atomic mass is 35.5. The van der Waals surface area contributed by atoms with Gasteiger partial charge in [-0.25, -0.2) is 4.79 Å². The van der Waals surface area contributed by atoms with Gasteiger partial charge in [0.2, 0.25) is 5.91 Å². The van der Waals surface area contributed by atoms with Crippen molar-refractivity contribution in [2.24, 2.45) is 5.92 Å². The second kappa shape index (κ2) is 10.1. The van der Waals surface area contributed by atoms with E-state index < -0.39 is 0 Å². The number of nitrogens with zero attached hydrogens (tertiary/aromatic N) is 1. The van der Waals surface area contributed by atoms with Crippen molar-refractivity contribution in [2.75, 3.05) is 56.7 Å². The summed E-state index contributed by atoms with van der Waals surface area (Å²) in [6.45, 7) is 6.62. The van der Waals surface area contributed by atoms with Crippen LogP contribution in [0.2, 0.25) is 5.02 Å². The average Bonchev–Trinajstić information content (AvgIpc) is 3.19. The fourth-order valence-electron chi connectivity index (χ4n) is 3.62. The van der Waals surface area contributed by atoms with Gasteiger partial charge in [-0.1, -0.05) is 11.6 Å². The van der Waals surface area contributed by atoms with Gasteiger partial charge in [-0.3, -0.25) is 9.69 Å². The quantitative estimate of drug-likeness (QED) is 0.668. The molecule has 154 valence electrons. The summed E-state index contributed by atoms with van der Waals surface area (Å²) in [5.41, 5.74) is 1.07. The van der Waals surface area contributed by atoms with Gasteiger partial charge in [0.1, 0.15) is 0 Å². The lowest BCUT2D eigenvalue weighted by Gasteiger charge is -2.37. The third kappa shape index (κ3) is 5.81. The molecule has 1 aromatic carbocycles. The van der Waals surface area contributed by atoms with Crippen LogP contribution < -0.4 is 16.0 Å². The number of carbonyl (C=O) groups excluding carboxylic acids is 2. The number of amides is 3. The molecule has 0 radical (unpaired) electrons. The molecule has 2 atom stereocenters. The molecule has 3 rings (SSSR count). The Morgan fingerprint density at radius 2 is 2.00 bits per heavy atom. The third-order valence-corrected chi connectivity index (χ3v) is 5.35. The van der Waals surface area contributed by atoms with E-state index in [4.69, 9.17) is 21.1 Å². The van der Waals surface area contributed by atoms with Crippen molar-refractivity contribution in [1.82, 2.24) is 10.2 Å². The first-order valence-corrected chi connectivity index (χ1v) is 9.92. The summed E-state index contributed by atoms with van der Waals surface area (Å²) in [6, 6.07) is 4.90. The van der Waals surface area contributed by atoms with Crippen molar-refractivity contribution in [3.63, 3.8) is 0 Å². The molecule has 8 nitrogen and oxygen atoms in total. The molecule has 2 fully saturated rings. The zero-order valence-electron chi connectivity index (χ0n) is 16.0. The zero-order valence-corrected chi connectivity index (χ0v) is 16.8. The highest BCUT2D eigenvalue weighted by Crippen LogP contribution is 2.25. The maximum atomic E-state index is 12.4. The summed E-state index contributed by atoms with van der Waals surface area (Å²) in [5.74, 6) is 0.204. The van der Waals surface area contributed by atoms with Gasteiger partial charge >= 0.3 is 6.03 Å². The summed E-state index contributed by atoms with van der Waals surface area (Å²) in [5, 5.41) is 8.76. The number of anilines is 2. The molecule has 1 aromatic rings. The minimum atomic E-state index is -0.291. The molecule has 2 aliphatic heterocycles. The van der Waals surface area contributed by atoms with Crippen molar-refractivity contribution in [2.45, 2.75) is 19.4 Å². The van der Waals surface area contributed by atoms with E-state index in [0.717, 1.165) is 45.9 Å². The first kappa shape index (κ1) is 20.9. The first-order valence-electron chi connectivity index (χ1n) is 9.54. The Labute approximate surface area is 169 Å². The fourth-order valence-corrected chi connectivity index (χ4v) is 3.84. The normalized spacial score (nSPS) is 21.1. The molecular weight excluding hydrogens is 384 g/mol. The molecule has 0 aromatic heterocycles. The van der Waals surface area contributed by atoms with Gasteiger partial charge in [-0.15, -0.1) is 0 Å². The summed E-state index contributed by atoms with van der Waals surface area (Å²) in [7, 11) is 0. The number of rotatable bonds is 6. The second-order valence-electron chi connectivity index (χ2n) is 7.05. The van der Waals surface area contributed by atoms with E-state index in [9.17, 15) is 9.59 Å². The first-order chi connectivity index (χ1) is 13.5. The van der Waals surface area contributed by atoms with Crippen LogP contribution in [0, 0.1) is 5.92 Å². The van der Waals surface area contributed by atoms with E-state index in [1.807, 2.05) is 0 Å². The van der Waals surface area contributed by atoms with Crippen LogP contribution in [0.15, 0.2) is 18.2 Å². The van der Waals surface area contributed by atoms with Gasteiger partial charge in [-0.2, -0.15) is 0 Å². The van der Waals surface area contributed by atoms with Crippen LogP contribution in [0.5, 0.6) is 0 Å². The van der Waals surface area contributed by atoms with Gasteiger partial charge in [0, 0.05) is 50.8 Å². The van der Waals surface area contributed by atoms with Crippen LogP contribution in [0.25, 0.3) is 0 Å².